The normalized spacial score (nSPS) is 17.9. The Kier molecular flexibility index (Phi) is 8.26. The number of methoxy groups -OCH3 is 1. The first kappa shape index (κ1) is 25.7. The van der Waals surface area contributed by atoms with Crippen LogP contribution in [0.3, 0.4) is 0 Å². The van der Waals surface area contributed by atoms with Gasteiger partial charge in [0.05, 0.1) is 7.11 Å². The van der Waals surface area contributed by atoms with Gasteiger partial charge in [-0.05, 0) is 59.4 Å². The molecule has 1 saturated heterocycles. The number of hydrogen-bond acceptors (Lipinski definition) is 4. The Hall–Kier alpha value is -3.38. The molecule has 0 radical (unpaired) electrons. The average Bonchev–Trinajstić information content (AvgIpc) is 3.27. The molecule has 0 aromatic heterocycles. The molecule has 190 valence electrons. The van der Waals surface area contributed by atoms with E-state index >= 15 is 0 Å². The maximum absolute atomic E-state index is 13.7. The van der Waals surface area contributed by atoms with Crippen molar-refractivity contribution in [3.8, 4) is 11.5 Å². The fraction of sp³-hybridized carbons (Fsp3) is 0.367. The Morgan fingerprint density at radius 1 is 1.08 bits per heavy atom. The van der Waals surface area contributed by atoms with Crippen LogP contribution in [-0.4, -0.2) is 54.1 Å². The van der Waals surface area contributed by atoms with Gasteiger partial charge in [0.2, 0.25) is 0 Å². The van der Waals surface area contributed by atoms with Crippen LogP contribution in [0.4, 0.5) is 4.39 Å². The summed E-state index contributed by atoms with van der Waals surface area (Å²) >= 11 is 0. The predicted octanol–water partition coefficient (Wildman–Crippen LogP) is 5.55. The summed E-state index contributed by atoms with van der Waals surface area (Å²) in [5.74, 6) is 1.07. The summed E-state index contributed by atoms with van der Waals surface area (Å²) in [6.07, 6.45) is 0. The smallest absolute Gasteiger partial charge is 0.253 e. The molecule has 1 heterocycles. The van der Waals surface area contributed by atoms with Gasteiger partial charge >= 0.3 is 0 Å². The molecule has 0 aliphatic carbocycles. The van der Waals surface area contributed by atoms with Crippen molar-refractivity contribution in [2.24, 2.45) is 11.8 Å². The van der Waals surface area contributed by atoms with Crippen LogP contribution < -0.4 is 4.74 Å². The molecule has 1 aliphatic rings. The van der Waals surface area contributed by atoms with Crippen molar-refractivity contribution in [1.82, 2.24) is 9.80 Å². The Morgan fingerprint density at radius 2 is 1.81 bits per heavy atom. The number of halogens is 1. The van der Waals surface area contributed by atoms with E-state index in [-0.39, 0.29) is 29.3 Å². The molecule has 0 saturated carbocycles. The maximum Gasteiger partial charge on any atom is 0.253 e. The SMILES string of the molecule is COc1cc(CN2CC(CN(CC(C)C)C(=O)c3ccccc3)C(c3ccc(F)cc3)C2)ccc1O. The van der Waals surface area contributed by atoms with E-state index in [1.165, 1.54) is 12.1 Å². The topological polar surface area (TPSA) is 53.0 Å². The van der Waals surface area contributed by atoms with Crippen LogP contribution in [0.25, 0.3) is 0 Å². The Balaban J connectivity index is 1.58. The summed E-state index contributed by atoms with van der Waals surface area (Å²) in [7, 11) is 1.54. The van der Waals surface area contributed by atoms with Gasteiger partial charge in [-0.1, -0.05) is 50.2 Å². The van der Waals surface area contributed by atoms with Gasteiger partial charge in [-0.3, -0.25) is 9.69 Å². The molecule has 1 aliphatic heterocycles. The minimum Gasteiger partial charge on any atom is -0.504 e. The number of rotatable bonds is 9. The fourth-order valence-corrected chi connectivity index (χ4v) is 5.17. The van der Waals surface area contributed by atoms with Crippen molar-refractivity contribution in [1.29, 1.82) is 0 Å². The second kappa shape index (κ2) is 11.6. The van der Waals surface area contributed by atoms with Crippen LogP contribution in [0.1, 0.15) is 41.3 Å². The quantitative estimate of drug-likeness (QED) is 0.427. The number of aromatic hydroxyl groups is 1. The highest BCUT2D eigenvalue weighted by Gasteiger charge is 2.36. The van der Waals surface area contributed by atoms with E-state index in [0.29, 0.717) is 36.9 Å². The van der Waals surface area contributed by atoms with Crippen molar-refractivity contribution < 1.29 is 19.0 Å². The number of likely N-dealkylation sites (tertiary alicyclic amines) is 1. The van der Waals surface area contributed by atoms with Gasteiger partial charge in [0.1, 0.15) is 5.82 Å². The molecule has 6 heteroatoms. The maximum atomic E-state index is 13.7. The van der Waals surface area contributed by atoms with Crippen LogP contribution >= 0.6 is 0 Å². The van der Waals surface area contributed by atoms with E-state index in [1.807, 2.05) is 59.5 Å². The highest BCUT2D eigenvalue weighted by Crippen LogP contribution is 2.35. The standard InChI is InChI=1S/C30H35FN2O3/c1-21(2)16-33(30(35)24-7-5-4-6-8-24)19-25-18-32(17-22-9-14-28(34)29(15-22)36-3)20-27(25)23-10-12-26(31)13-11-23/h4-15,21,25,27,34H,16-20H2,1-3H3. The monoisotopic (exact) mass is 490 g/mol. The molecule has 2 unspecified atom stereocenters. The van der Waals surface area contributed by atoms with Crippen LogP contribution in [0.15, 0.2) is 72.8 Å². The molecule has 4 rings (SSSR count). The van der Waals surface area contributed by atoms with Crippen molar-refractivity contribution >= 4 is 5.91 Å². The minimum atomic E-state index is -0.248. The number of ether oxygens (including phenoxy) is 1. The van der Waals surface area contributed by atoms with Crippen LogP contribution in [0.5, 0.6) is 11.5 Å². The van der Waals surface area contributed by atoms with Gasteiger partial charge in [0.25, 0.3) is 5.91 Å². The predicted molar refractivity (Wildman–Crippen MR) is 140 cm³/mol. The summed E-state index contributed by atoms with van der Waals surface area (Å²) < 4.78 is 19.0. The molecule has 0 bridgehead atoms. The van der Waals surface area contributed by atoms with Crippen molar-refractivity contribution in [3.05, 3.63) is 95.3 Å². The summed E-state index contributed by atoms with van der Waals surface area (Å²) in [5.41, 5.74) is 2.83. The fourth-order valence-electron chi connectivity index (χ4n) is 5.17. The molecule has 1 N–H and O–H groups in total. The van der Waals surface area contributed by atoms with Crippen molar-refractivity contribution in [2.75, 3.05) is 33.3 Å². The van der Waals surface area contributed by atoms with Gasteiger partial charge in [-0.15, -0.1) is 0 Å². The lowest BCUT2D eigenvalue weighted by Crippen LogP contribution is -2.39. The highest BCUT2D eigenvalue weighted by molar-refractivity contribution is 5.94. The molecule has 2 atom stereocenters. The average molecular weight is 491 g/mol. The number of phenols is 1. The summed E-state index contributed by atoms with van der Waals surface area (Å²) in [4.78, 5) is 17.8. The molecule has 0 spiro atoms. The number of phenolic OH excluding ortho intramolecular Hbond substituents is 1. The molecular formula is C30H35FN2O3. The van der Waals surface area contributed by atoms with Crippen molar-refractivity contribution in [3.63, 3.8) is 0 Å². The first-order valence-corrected chi connectivity index (χ1v) is 12.5. The summed E-state index contributed by atoms with van der Waals surface area (Å²) in [6, 6.07) is 21.6. The third-order valence-electron chi connectivity index (χ3n) is 6.81. The molecule has 1 fully saturated rings. The van der Waals surface area contributed by atoms with E-state index < -0.39 is 0 Å². The molecule has 3 aromatic rings. The third-order valence-corrected chi connectivity index (χ3v) is 6.81. The zero-order valence-electron chi connectivity index (χ0n) is 21.2. The largest absolute Gasteiger partial charge is 0.504 e. The Labute approximate surface area is 213 Å². The second-order valence-electron chi connectivity index (χ2n) is 10.1. The number of carbonyl (C=O) groups is 1. The lowest BCUT2D eigenvalue weighted by Gasteiger charge is -2.30. The molecular weight excluding hydrogens is 455 g/mol. The zero-order chi connectivity index (χ0) is 25.7. The summed E-state index contributed by atoms with van der Waals surface area (Å²) in [5, 5.41) is 9.96. The lowest BCUT2D eigenvalue weighted by atomic mass is 9.88. The minimum absolute atomic E-state index is 0.0453. The lowest BCUT2D eigenvalue weighted by molar-refractivity contribution is 0.0703. The zero-order valence-corrected chi connectivity index (χ0v) is 21.2. The number of carbonyl (C=O) groups excluding carboxylic acids is 1. The number of benzene rings is 3. The molecule has 1 amide bonds. The third kappa shape index (κ3) is 6.24. The Bertz CT molecular complexity index is 1150. The molecule has 5 nitrogen and oxygen atoms in total. The first-order chi connectivity index (χ1) is 17.3. The number of hydrogen-bond donors (Lipinski definition) is 1. The van der Waals surface area contributed by atoms with Gasteiger partial charge in [0.15, 0.2) is 11.5 Å². The molecule has 36 heavy (non-hydrogen) atoms. The van der Waals surface area contributed by atoms with Gasteiger partial charge < -0.3 is 14.7 Å². The Morgan fingerprint density at radius 3 is 2.47 bits per heavy atom. The molecule has 3 aromatic carbocycles. The van der Waals surface area contributed by atoms with E-state index in [1.54, 1.807) is 13.2 Å². The van der Waals surface area contributed by atoms with Crippen LogP contribution in [0, 0.1) is 17.7 Å². The van der Waals surface area contributed by atoms with Gasteiger partial charge in [0, 0.05) is 44.2 Å². The van der Waals surface area contributed by atoms with E-state index in [2.05, 4.69) is 18.7 Å². The van der Waals surface area contributed by atoms with Crippen LogP contribution in [0.2, 0.25) is 0 Å². The number of amides is 1. The van der Waals surface area contributed by atoms with E-state index in [0.717, 1.165) is 24.2 Å². The van der Waals surface area contributed by atoms with E-state index in [9.17, 15) is 14.3 Å². The van der Waals surface area contributed by atoms with Gasteiger partial charge in [-0.2, -0.15) is 0 Å². The van der Waals surface area contributed by atoms with Gasteiger partial charge in [-0.25, -0.2) is 4.39 Å². The van der Waals surface area contributed by atoms with Crippen LogP contribution in [-0.2, 0) is 6.54 Å². The van der Waals surface area contributed by atoms with Crippen molar-refractivity contribution in [2.45, 2.75) is 26.3 Å². The number of nitrogens with zero attached hydrogens (tertiary/aromatic N) is 2. The summed E-state index contributed by atoms with van der Waals surface area (Å²) in [6.45, 7) is 7.86. The second-order valence-corrected chi connectivity index (χ2v) is 10.1. The highest BCUT2D eigenvalue weighted by atomic mass is 19.1. The van der Waals surface area contributed by atoms with E-state index in [4.69, 9.17) is 4.74 Å². The first-order valence-electron chi connectivity index (χ1n) is 12.5.